The van der Waals surface area contributed by atoms with Gasteiger partial charge in [-0.2, -0.15) is 0 Å². The molecular formula is C12H17N5S. The van der Waals surface area contributed by atoms with Gasteiger partial charge in [-0.1, -0.05) is 18.3 Å². The molecule has 2 aromatic heterocycles. The number of imidazole rings is 1. The van der Waals surface area contributed by atoms with Crippen LogP contribution in [0.15, 0.2) is 0 Å². The smallest absolute Gasteiger partial charge is 0.208 e. The van der Waals surface area contributed by atoms with E-state index in [4.69, 9.17) is 0 Å². The molecular weight excluding hydrogens is 246 g/mol. The number of nitrogens with one attached hydrogen (secondary N) is 1. The maximum absolute atomic E-state index is 4.50. The van der Waals surface area contributed by atoms with Crippen LogP contribution in [-0.4, -0.2) is 26.7 Å². The van der Waals surface area contributed by atoms with Crippen molar-refractivity contribution in [2.45, 2.75) is 39.7 Å². The van der Waals surface area contributed by atoms with Crippen molar-refractivity contribution in [2.24, 2.45) is 0 Å². The maximum Gasteiger partial charge on any atom is 0.208 e. The lowest BCUT2D eigenvalue weighted by molar-refractivity contribution is 0.703. The number of hydrogen-bond donors (Lipinski definition) is 1. The molecule has 1 N–H and O–H groups in total. The summed E-state index contributed by atoms with van der Waals surface area (Å²) < 4.78 is 0. The Morgan fingerprint density at radius 1 is 1.39 bits per heavy atom. The molecule has 0 amide bonds. The van der Waals surface area contributed by atoms with Crippen LogP contribution < -0.4 is 4.90 Å². The van der Waals surface area contributed by atoms with Crippen molar-refractivity contribution in [3.8, 4) is 0 Å². The maximum atomic E-state index is 4.50. The summed E-state index contributed by atoms with van der Waals surface area (Å²) in [6, 6.07) is 0. The monoisotopic (exact) mass is 263 g/mol. The molecule has 0 saturated heterocycles. The van der Waals surface area contributed by atoms with E-state index < -0.39 is 0 Å². The number of aromatic amines is 1. The molecule has 6 heteroatoms. The molecule has 0 saturated carbocycles. The fourth-order valence-electron chi connectivity index (χ4n) is 2.29. The Kier molecular flexibility index (Phi) is 3.03. The third-order valence-corrected chi connectivity index (χ3v) is 4.18. The zero-order valence-corrected chi connectivity index (χ0v) is 11.5. The molecule has 96 valence electrons. The molecule has 1 aliphatic rings. The second-order valence-corrected chi connectivity index (χ2v) is 5.69. The van der Waals surface area contributed by atoms with Gasteiger partial charge in [-0.05, 0) is 13.3 Å². The van der Waals surface area contributed by atoms with E-state index in [1.807, 2.05) is 6.92 Å². The van der Waals surface area contributed by atoms with E-state index in [0.717, 1.165) is 48.3 Å². The third-order valence-electron chi connectivity index (χ3n) is 3.14. The van der Waals surface area contributed by atoms with Gasteiger partial charge in [0.2, 0.25) is 5.13 Å². The Bertz CT molecular complexity index is 544. The first-order chi connectivity index (χ1) is 8.76. The minimum atomic E-state index is 0.872. The molecule has 2 aromatic rings. The second kappa shape index (κ2) is 4.68. The van der Waals surface area contributed by atoms with E-state index in [0.29, 0.717) is 0 Å². The fourth-order valence-corrected chi connectivity index (χ4v) is 3.25. The summed E-state index contributed by atoms with van der Waals surface area (Å²) in [6.07, 6.45) is 3.14. The Morgan fingerprint density at radius 2 is 2.28 bits per heavy atom. The fraction of sp³-hybridized carbons (Fsp3) is 0.583. The molecule has 3 heterocycles. The van der Waals surface area contributed by atoms with Crippen molar-refractivity contribution < 1.29 is 0 Å². The first kappa shape index (κ1) is 11.6. The van der Waals surface area contributed by atoms with Crippen LogP contribution in [0, 0.1) is 6.92 Å². The van der Waals surface area contributed by atoms with Crippen LogP contribution in [-0.2, 0) is 19.4 Å². The van der Waals surface area contributed by atoms with Gasteiger partial charge >= 0.3 is 0 Å². The average molecular weight is 263 g/mol. The molecule has 5 nitrogen and oxygen atoms in total. The van der Waals surface area contributed by atoms with Crippen LogP contribution in [0.1, 0.15) is 35.6 Å². The molecule has 0 radical (unpaired) electrons. The predicted octanol–water partition coefficient (Wildman–Crippen LogP) is 2.08. The van der Waals surface area contributed by atoms with Crippen molar-refractivity contribution in [1.82, 2.24) is 20.2 Å². The van der Waals surface area contributed by atoms with E-state index in [9.17, 15) is 0 Å². The molecule has 0 spiro atoms. The zero-order valence-electron chi connectivity index (χ0n) is 10.7. The topological polar surface area (TPSA) is 57.7 Å². The number of aryl methyl sites for hydroxylation is 2. The summed E-state index contributed by atoms with van der Waals surface area (Å²) in [5.74, 6) is 1.01. The SMILES string of the molecule is CCCc1nnc(N2CCc3nc(C)[nH]c3C2)s1. The van der Waals surface area contributed by atoms with Crippen LogP contribution >= 0.6 is 11.3 Å². The molecule has 0 aliphatic carbocycles. The molecule has 1 aliphatic heterocycles. The van der Waals surface area contributed by atoms with E-state index in [2.05, 4.69) is 32.0 Å². The lowest BCUT2D eigenvalue weighted by Gasteiger charge is -2.24. The average Bonchev–Trinajstić information content (AvgIpc) is 2.93. The number of fused-ring (bicyclic) bond motifs is 1. The molecule has 0 bridgehead atoms. The van der Waals surface area contributed by atoms with Gasteiger partial charge in [0.05, 0.1) is 17.9 Å². The van der Waals surface area contributed by atoms with E-state index >= 15 is 0 Å². The highest BCUT2D eigenvalue weighted by Gasteiger charge is 2.21. The van der Waals surface area contributed by atoms with Crippen LogP contribution in [0.25, 0.3) is 0 Å². The summed E-state index contributed by atoms with van der Waals surface area (Å²) in [6.45, 7) is 6.03. The Hall–Kier alpha value is -1.43. The second-order valence-electron chi connectivity index (χ2n) is 4.65. The summed E-state index contributed by atoms with van der Waals surface area (Å²) in [4.78, 5) is 10.1. The quantitative estimate of drug-likeness (QED) is 0.921. The molecule has 0 unspecified atom stereocenters. The Morgan fingerprint density at radius 3 is 3.11 bits per heavy atom. The summed E-state index contributed by atoms with van der Waals surface area (Å²) in [5.41, 5.74) is 2.44. The highest BCUT2D eigenvalue weighted by atomic mass is 32.1. The van der Waals surface area contributed by atoms with Crippen LogP contribution in [0.3, 0.4) is 0 Å². The summed E-state index contributed by atoms with van der Waals surface area (Å²) in [5, 5.41) is 10.7. The number of H-pyrrole nitrogens is 1. The third kappa shape index (κ3) is 2.12. The van der Waals surface area contributed by atoms with Crippen molar-refractivity contribution in [1.29, 1.82) is 0 Å². The number of hydrogen-bond acceptors (Lipinski definition) is 5. The normalized spacial score (nSPS) is 14.9. The largest absolute Gasteiger partial charge is 0.344 e. The van der Waals surface area contributed by atoms with Crippen LogP contribution in [0.4, 0.5) is 5.13 Å². The number of nitrogens with zero attached hydrogens (tertiary/aromatic N) is 4. The standard InChI is InChI=1S/C12H17N5S/c1-3-4-11-15-16-12(18-11)17-6-5-9-10(7-17)14-8(2)13-9/h3-7H2,1-2H3,(H,13,14). The van der Waals surface area contributed by atoms with Gasteiger partial charge in [0, 0.05) is 19.4 Å². The van der Waals surface area contributed by atoms with E-state index in [-0.39, 0.29) is 0 Å². The molecule has 0 aromatic carbocycles. The Balaban J connectivity index is 1.78. The Labute approximate surface area is 110 Å². The number of rotatable bonds is 3. The minimum absolute atomic E-state index is 0.872. The van der Waals surface area contributed by atoms with Gasteiger partial charge in [0.25, 0.3) is 0 Å². The van der Waals surface area contributed by atoms with E-state index in [1.165, 1.54) is 11.4 Å². The highest BCUT2D eigenvalue weighted by Crippen LogP contribution is 2.26. The van der Waals surface area contributed by atoms with Crippen molar-refractivity contribution in [3.05, 3.63) is 22.2 Å². The molecule has 0 atom stereocenters. The summed E-state index contributed by atoms with van der Waals surface area (Å²) >= 11 is 1.71. The predicted molar refractivity (Wildman–Crippen MR) is 72.0 cm³/mol. The number of aromatic nitrogens is 4. The van der Waals surface area contributed by atoms with Crippen molar-refractivity contribution in [3.63, 3.8) is 0 Å². The lowest BCUT2D eigenvalue weighted by atomic mass is 10.1. The molecule has 0 fully saturated rings. The van der Waals surface area contributed by atoms with Gasteiger partial charge in [0.15, 0.2) is 0 Å². The zero-order chi connectivity index (χ0) is 12.5. The molecule has 18 heavy (non-hydrogen) atoms. The first-order valence-corrected chi connectivity index (χ1v) is 7.19. The first-order valence-electron chi connectivity index (χ1n) is 6.38. The van der Waals surface area contributed by atoms with Gasteiger partial charge in [-0.3, -0.25) is 0 Å². The lowest BCUT2D eigenvalue weighted by Crippen LogP contribution is -2.30. The van der Waals surface area contributed by atoms with Crippen LogP contribution in [0.2, 0.25) is 0 Å². The van der Waals surface area contributed by atoms with Crippen molar-refractivity contribution in [2.75, 3.05) is 11.4 Å². The van der Waals surface area contributed by atoms with Gasteiger partial charge in [-0.25, -0.2) is 4.98 Å². The minimum Gasteiger partial charge on any atom is -0.344 e. The van der Waals surface area contributed by atoms with Crippen LogP contribution in [0.5, 0.6) is 0 Å². The number of anilines is 1. The van der Waals surface area contributed by atoms with Gasteiger partial charge in [0.1, 0.15) is 10.8 Å². The summed E-state index contributed by atoms with van der Waals surface area (Å²) in [7, 11) is 0. The molecule has 3 rings (SSSR count). The van der Waals surface area contributed by atoms with Gasteiger partial charge in [-0.15, -0.1) is 10.2 Å². The van der Waals surface area contributed by atoms with Crippen molar-refractivity contribution >= 4 is 16.5 Å². The van der Waals surface area contributed by atoms with Gasteiger partial charge < -0.3 is 9.88 Å². The highest BCUT2D eigenvalue weighted by molar-refractivity contribution is 7.15. The van der Waals surface area contributed by atoms with E-state index in [1.54, 1.807) is 11.3 Å².